The van der Waals surface area contributed by atoms with Crippen LogP contribution in [0.3, 0.4) is 0 Å². The van der Waals surface area contributed by atoms with Crippen LogP contribution in [-0.4, -0.2) is 29.8 Å². The normalized spacial score (nSPS) is 12.4. The van der Waals surface area contributed by atoms with E-state index in [2.05, 4.69) is 22.3 Å². The molecule has 4 aromatic carbocycles. The van der Waals surface area contributed by atoms with Crippen LogP contribution in [0.25, 0.3) is 11.1 Å². The minimum absolute atomic E-state index is 0.0539. The number of amides is 2. The van der Waals surface area contributed by atoms with E-state index < -0.39 is 10.8 Å². The number of nitrogens with two attached hydrogens (primary N) is 1. The van der Waals surface area contributed by atoms with E-state index >= 15 is 0 Å². The number of benzene rings is 4. The lowest BCUT2D eigenvalue weighted by Crippen LogP contribution is -2.30. The van der Waals surface area contributed by atoms with Crippen molar-refractivity contribution in [1.29, 1.82) is 0 Å². The average molecular weight is 535 g/mol. The molecule has 5 rings (SSSR count). The number of rotatable bonds is 9. The summed E-state index contributed by atoms with van der Waals surface area (Å²) in [6.07, 6.45) is 2.49. The highest BCUT2D eigenvalue weighted by molar-refractivity contribution is 5.95. The fourth-order valence-corrected chi connectivity index (χ4v) is 5.15. The van der Waals surface area contributed by atoms with Gasteiger partial charge in [-0.1, -0.05) is 48.5 Å². The molecule has 0 atom stereocenters. The Morgan fingerprint density at radius 3 is 2.38 bits per heavy atom. The lowest BCUT2D eigenvalue weighted by atomic mass is 9.95. The smallest absolute Gasteiger partial charge is 0.269 e. The second kappa shape index (κ2) is 11.8. The number of nitro benzene ring substituents is 1. The molecule has 0 aromatic heterocycles. The number of fused-ring (bicyclic) bond motifs is 1. The summed E-state index contributed by atoms with van der Waals surface area (Å²) < 4.78 is 0. The van der Waals surface area contributed by atoms with E-state index in [1.807, 2.05) is 42.5 Å². The van der Waals surface area contributed by atoms with E-state index in [-0.39, 0.29) is 11.6 Å². The zero-order valence-corrected chi connectivity index (χ0v) is 22.0. The maximum atomic E-state index is 12.9. The zero-order chi connectivity index (χ0) is 28.1. The van der Waals surface area contributed by atoms with Crippen LogP contribution in [-0.2, 0) is 19.4 Å². The van der Waals surface area contributed by atoms with Gasteiger partial charge in [-0.2, -0.15) is 0 Å². The number of anilines is 1. The van der Waals surface area contributed by atoms with Crippen LogP contribution < -0.4 is 16.0 Å². The van der Waals surface area contributed by atoms with Crippen molar-refractivity contribution in [2.45, 2.75) is 25.8 Å². The molecule has 8 nitrogen and oxygen atoms in total. The predicted molar refractivity (Wildman–Crippen MR) is 155 cm³/mol. The summed E-state index contributed by atoms with van der Waals surface area (Å²) in [6, 6.07) is 27.9. The topological polar surface area (TPSA) is 119 Å². The summed E-state index contributed by atoms with van der Waals surface area (Å²) >= 11 is 0. The zero-order valence-electron chi connectivity index (χ0n) is 22.0. The maximum absolute atomic E-state index is 12.9. The fourth-order valence-electron chi connectivity index (χ4n) is 5.15. The molecule has 0 radical (unpaired) electrons. The SMILES string of the molecule is NC(=O)c1ccc(-c2ccccc2CN2CCCc3cc(C(=O)NCCc4ccc([N+](=O)[O-])cc4)ccc32)cc1. The van der Waals surface area contributed by atoms with Crippen molar-refractivity contribution < 1.29 is 14.5 Å². The molecule has 1 aliphatic rings. The van der Waals surface area contributed by atoms with Gasteiger partial charge in [0.05, 0.1) is 4.92 Å². The Morgan fingerprint density at radius 1 is 0.925 bits per heavy atom. The summed E-state index contributed by atoms with van der Waals surface area (Å²) in [7, 11) is 0. The van der Waals surface area contributed by atoms with Gasteiger partial charge in [-0.3, -0.25) is 19.7 Å². The van der Waals surface area contributed by atoms with Crippen LogP contribution in [0.4, 0.5) is 11.4 Å². The van der Waals surface area contributed by atoms with Gasteiger partial charge in [-0.15, -0.1) is 0 Å². The number of carbonyl (C=O) groups is 2. The highest BCUT2D eigenvalue weighted by atomic mass is 16.6. The second-order valence-electron chi connectivity index (χ2n) is 9.90. The first-order valence-electron chi connectivity index (χ1n) is 13.3. The molecule has 3 N–H and O–H groups in total. The Labute approximate surface area is 232 Å². The molecule has 1 heterocycles. The van der Waals surface area contributed by atoms with Gasteiger partial charge < -0.3 is 16.0 Å². The Morgan fingerprint density at radius 2 is 1.65 bits per heavy atom. The summed E-state index contributed by atoms with van der Waals surface area (Å²) in [5.41, 5.74) is 13.1. The lowest BCUT2D eigenvalue weighted by molar-refractivity contribution is -0.384. The standard InChI is InChI=1S/C32H30N4O4/c33-31(37)24-11-9-23(10-12-24)29-6-2-1-4-27(29)21-35-19-3-5-25-20-26(13-16-30(25)35)32(38)34-18-17-22-7-14-28(15-8-22)36(39)40/h1-2,4,6-16,20H,3,5,17-19,21H2,(H2,33,37)(H,34,38). The van der Waals surface area contributed by atoms with Gasteiger partial charge in [0.1, 0.15) is 0 Å². The molecule has 40 heavy (non-hydrogen) atoms. The maximum Gasteiger partial charge on any atom is 0.269 e. The summed E-state index contributed by atoms with van der Waals surface area (Å²) in [6.45, 7) is 2.08. The number of primary amides is 1. The summed E-state index contributed by atoms with van der Waals surface area (Å²) in [4.78, 5) is 37.1. The van der Waals surface area contributed by atoms with Gasteiger partial charge in [-0.05, 0) is 77.4 Å². The average Bonchev–Trinajstić information content (AvgIpc) is 2.97. The molecule has 0 aliphatic carbocycles. The van der Waals surface area contributed by atoms with Crippen LogP contribution in [0.5, 0.6) is 0 Å². The summed E-state index contributed by atoms with van der Waals surface area (Å²) in [5, 5.41) is 13.8. The van der Waals surface area contributed by atoms with Gasteiger partial charge in [-0.25, -0.2) is 0 Å². The van der Waals surface area contributed by atoms with Gasteiger partial charge in [0, 0.05) is 48.6 Å². The first-order valence-corrected chi connectivity index (χ1v) is 13.3. The minimum Gasteiger partial charge on any atom is -0.367 e. The first kappa shape index (κ1) is 26.6. The van der Waals surface area contributed by atoms with Gasteiger partial charge in [0.15, 0.2) is 0 Å². The number of nitrogens with one attached hydrogen (secondary N) is 1. The van der Waals surface area contributed by atoms with Crippen molar-refractivity contribution in [3.8, 4) is 11.1 Å². The van der Waals surface area contributed by atoms with E-state index in [0.717, 1.165) is 53.9 Å². The summed E-state index contributed by atoms with van der Waals surface area (Å²) in [5.74, 6) is -0.575. The van der Waals surface area contributed by atoms with Crippen molar-refractivity contribution in [2.24, 2.45) is 5.73 Å². The first-order chi connectivity index (χ1) is 19.4. The van der Waals surface area contributed by atoms with Gasteiger partial charge in [0.25, 0.3) is 11.6 Å². The fraction of sp³-hybridized carbons (Fsp3) is 0.188. The molecule has 0 unspecified atom stereocenters. The van der Waals surface area contributed by atoms with Crippen molar-refractivity contribution in [1.82, 2.24) is 5.32 Å². The van der Waals surface area contributed by atoms with E-state index in [4.69, 9.17) is 5.73 Å². The Balaban J connectivity index is 1.26. The van der Waals surface area contributed by atoms with Gasteiger partial charge >= 0.3 is 0 Å². The molecule has 0 spiro atoms. The molecule has 2 amide bonds. The predicted octanol–water partition coefficient (Wildman–Crippen LogP) is 5.29. The number of aryl methyl sites for hydroxylation is 1. The molecule has 4 aromatic rings. The Kier molecular flexibility index (Phi) is 7.87. The lowest BCUT2D eigenvalue weighted by Gasteiger charge is -2.32. The van der Waals surface area contributed by atoms with E-state index in [9.17, 15) is 19.7 Å². The van der Waals surface area contributed by atoms with E-state index in [0.29, 0.717) is 24.1 Å². The van der Waals surface area contributed by atoms with Crippen LogP contribution in [0.2, 0.25) is 0 Å². The number of carbonyl (C=O) groups excluding carboxylic acids is 2. The highest BCUT2D eigenvalue weighted by Gasteiger charge is 2.20. The third-order valence-corrected chi connectivity index (χ3v) is 7.26. The molecular weight excluding hydrogens is 504 g/mol. The monoisotopic (exact) mass is 534 g/mol. The highest BCUT2D eigenvalue weighted by Crippen LogP contribution is 2.32. The number of hydrogen-bond donors (Lipinski definition) is 2. The molecule has 0 saturated heterocycles. The molecule has 202 valence electrons. The molecule has 8 heteroatoms. The number of non-ortho nitro benzene ring substituents is 1. The number of nitrogens with zero attached hydrogens (tertiary/aromatic N) is 2. The van der Waals surface area contributed by atoms with Gasteiger partial charge in [0.2, 0.25) is 5.91 Å². The van der Waals surface area contributed by atoms with Crippen LogP contribution in [0.15, 0.2) is 91.0 Å². The van der Waals surface area contributed by atoms with Crippen molar-refractivity contribution in [3.63, 3.8) is 0 Å². The largest absolute Gasteiger partial charge is 0.367 e. The number of hydrogen-bond acceptors (Lipinski definition) is 5. The van der Waals surface area contributed by atoms with E-state index in [1.54, 1.807) is 24.3 Å². The molecule has 0 saturated carbocycles. The Hall–Kier alpha value is -4.98. The quantitative estimate of drug-likeness (QED) is 0.224. The van der Waals surface area contributed by atoms with Crippen molar-refractivity contribution in [2.75, 3.05) is 18.0 Å². The Bertz CT molecular complexity index is 1550. The molecule has 0 fully saturated rings. The molecule has 1 aliphatic heterocycles. The third-order valence-electron chi connectivity index (χ3n) is 7.26. The minimum atomic E-state index is -0.442. The molecule has 0 bridgehead atoms. The number of nitro groups is 1. The van der Waals surface area contributed by atoms with E-state index in [1.165, 1.54) is 17.7 Å². The van der Waals surface area contributed by atoms with Crippen LogP contribution >= 0.6 is 0 Å². The van der Waals surface area contributed by atoms with Crippen LogP contribution in [0, 0.1) is 10.1 Å². The van der Waals surface area contributed by atoms with Crippen molar-refractivity contribution in [3.05, 3.63) is 129 Å². The molecular formula is C32H30N4O4. The van der Waals surface area contributed by atoms with Crippen molar-refractivity contribution >= 4 is 23.2 Å². The second-order valence-corrected chi connectivity index (χ2v) is 9.90. The third kappa shape index (κ3) is 6.02. The van der Waals surface area contributed by atoms with Crippen LogP contribution in [0.1, 0.15) is 43.8 Å².